The van der Waals surface area contributed by atoms with E-state index in [1.807, 2.05) is 11.3 Å². The molecule has 0 atom stereocenters. The van der Waals surface area contributed by atoms with Gasteiger partial charge in [-0.1, -0.05) is 164 Å². The quantitative estimate of drug-likeness (QED) is 0.125. The normalized spacial score (nSPS) is 12.2. The first-order valence-electron chi connectivity index (χ1n) is 18.3. The van der Waals surface area contributed by atoms with Crippen molar-refractivity contribution in [2.75, 3.05) is 0 Å². The zero-order chi connectivity index (χ0) is 34.6. The van der Waals surface area contributed by atoms with E-state index >= 15 is 0 Å². The van der Waals surface area contributed by atoms with E-state index in [-0.39, 0.29) is 0 Å². The molecule has 1 aromatic heterocycles. The van der Waals surface area contributed by atoms with E-state index in [2.05, 4.69) is 182 Å². The number of hydrogen-bond acceptors (Lipinski definition) is 1. The van der Waals surface area contributed by atoms with Crippen LogP contribution in [-0.4, -0.2) is 0 Å². The summed E-state index contributed by atoms with van der Waals surface area (Å²) in [5, 5.41) is 20.8. The van der Waals surface area contributed by atoms with Crippen LogP contribution in [0.15, 0.2) is 182 Å². The van der Waals surface area contributed by atoms with Crippen LogP contribution in [0.5, 0.6) is 0 Å². The third-order valence-electron chi connectivity index (χ3n) is 11.6. The zero-order valence-corrected chi connectivity index (χ0v) is 29.5. The first kappa shape index (κ1) is 29.1. The summed E-state index contributed by atoms with van der Waals surface area (Å²) in [6.45, 7) is 0. The van der Waals surface area contributed by atoms with Gasteiger partial charge >= 0.3 is 0 Å². The van der Waals surface area contributed by atoms with E-state index in [1.54, 1.807) is 0 Å². The third kappa shape index (κ3) is 4.06. The van der Waals surface area contributed by atoms with Crippen molar-refractivity contribution < 1.29 is 0 Å². The molecule has 0 spiro atoms. The van der Waals surface area contributed by atoms with E-state index in [0.29, 0.717) is 0 Å². The molecule has 244 valence electrons. The molecule has 0 N–H and O–H groups in total. The Morgan fingerprint density at radius 3 is 1.43 bits per heavy atom. The van der Waals surface area contributed by atoms with Gasteiger partial charge in [-0.15, -0.1) is 11.3 Å². The molecule has 1 heterocycles. The Balaban J connectivity index is 1.21. The van der Waals surface area contributed by atoms with Gasteiger partial charge in [-0.25, -0.2) is 0 Å². The van der Waals surface area contributed by atoms with Gasteiger partial charge in [0.05, 0.1) is 0 Å². The lowest BCUT2D eigenvalue weighted by Crippen LogP contribution is -1.93. The summed E-state index contributed by atoms with van der Waals surface area (Å²) < 4.78 is 2.69. The molecule has 53 heavy (non-hydrogen) atoms. The molecule has 0 aliphatic carbocycles. The van der Waals surface area contributed by atoms with Crippen molar-refractivity contribution in [3.8, 4) is 22.3 Å². The van der Waals surface area contributed by atoms with Crippen LogP contribution < -0.4 is 0 Å². The van der Waals surface area contributed by atoms with Gasteiger partial charge in [0.1, 0.15) is 0 Å². The second-order valence-electron chi connectivity index (χ2n) is 14.3. The molecule has 0 aliphatic heterocycles. The summed E-state index contributed by atoms with van der Waals surface area (Å²) in [6, 6.07) is 68.0. The summed E-state index contributed by atoms with van der Waals surface area (Å²) in [6.07, 6.45) is 0. The highest BCUT2D eigenvalue weighted by atomic mass is 32.1. The molecule has 0 nitrogen and oxygen atoms in total. The lowest BCUT2D eigenvalue weighted by molar-refractivity contribution is 1.70. The Labute approximate surface area is 309 Å². The van der Waals surface area contributed by atoms with Crippen molar-refractivity contribution >= 4 is 107 Å². The minimum absolute atomic E-state index is 1.25. The number of thiophene rings is 1. The summed E-state index contributed by atoms with van der Waals surface area (Å²) in [5.74, 6) is 0. The summed E-state index contributed by atoms with van der Waals surface area (Å²) in [5.41, 5.74) is 5.12. The second-order valence-corrected chi connectivity index (χ2v) is 15.4. The van der Waals surface area contributed by atoms with E-state index in [0.717, 1.165) is 0 Å². The van der Waals surface area contributed by atoms with Crippen LogP contribution in [0, 0.1) is 0 Å². The van der Waals surface area contributed by atoms with E-state index in [9.17, 15) is 0 Å². The fourth-order valence-corrected chi connectivity index (χ4v) is 10.6. The molecule has 0 aliphatic rings. The Kier molecular flexibility index (Phi) is 6.03. The van der Waals surface area contributed by atoms with Crippen LogP contribution in [0.1, 0.15) is 0 Å². The molecular formula is C52H30S. The van der Waals surface area contributed by atoms with Crippen molar-refractivity contribution in [1.82, 2.24) is 0 Å². The molecule has 0 unspecified atom stereocenters. The number of benzene rings is 11. The average molecular weight is 687 g/mol. The minimum atomic E-state index is 1.25. The molecule has 1 heteroatoms. The number of rotatable bonds is 2. The van der Waals surface area contributed by atoms with Gasteiger partial charge in [-0.05, 0) is 116 Å². The zero-order valence-electron chi connectivity index (χ0n) is 28.7. The van der Waals surface area contributed by atoms with Crippen LogP contribution in [0.3, 0.4) is 0 Å². The summed E-state index contributed by atoms with van der Waals surface area (Å²) in [4.78, 5) is 0. The molecule has 0 fully saturated rings. The Morgan fingerprint density at radius 1 is 0.283 bits per heavy atom. The van der Waals surface area contributed by atoms with Gasteiger partial charge in [-0.3, -0.25) is 0 Å². The highest BCUT2D eigenvalue weighted by molar-refractivity contribution is 7.26. The smallest absolute Gasteiger partial charge is 0.0433 e. The fourth-order valence-electron chi connectivity index (χ4n) is 9.36. The van der Waals surface area contributed by atoms with Crippen molar-refractivity contribution in [2.24, 2.45) is 0 Å². The minimum Gasteiger partial charge on any atom is -0.135 e. The van der Waals surface area contributed by atoms with Crippen LogP contribution in [-0.2, 0) is 0 Å². The molecule has 0 saturated carbocycles. The molecular weight excluding hydrogens is 657 g/mol. The molecule has 0 saturated heterocycles. The highest BCUT2D eigenvalue weighted by Crippen LogP contribution is 2.49. The monoisotopic (exact) mass is 686 g/mol. The molecule has 0 amide bonds. The van der Waals surface area contributed by atoms with E-state index in [4.69, 9.17) is 0 Å². The van der Waals surface area contributed by atoms with Crippen LogP contribution in [0.25, 0.3) is 118 Å². The Bertz CT molecular complexity index is 3450. The van der Waals surface area contributed by atoms with Gasteiger partial charge in [-0.2, -0.15) is 0 Å². The molecule has 12 rings (SSSR count). The lowest BCUT2D eigenvalue weighted by atomic mass is 9.82. The lowest BCUT2D eigenvalue weighted by Gasteiger charge is -2.20. The van der Waals surface area contributed by atoms with Gasteiger partial charge in [0, 0.05) is 20.2 Å². The first-order chi connectivity index (χ1) is 26.3. The maximum absolute atomic E-state index is 2.49. The van der Waals surface area contributed by atoms with Crippen molar-refractivity contribution in [3.63, 3.8) is 0 Å². The highest BCUT2D eigenvalue weighted by Gasteiger charge is 2.21. The van der Waals surface area contributed by atoms with Crippen LogP contribution in [0.4, 0.5) is 0 Å². The maximum atomic E-state index is 2.49. The average Bonchev–Trinajstić information content (AvgIpc) is 3.61. The van der Waals surface area contributed by atoms with Gasteiger partial charge in [0.2, 0.25) is 0 Å². The molecule has 12 aromatic rings. The predicted octanol–water partition coefficient (Wildman–Crippen LogP) is 15.5. The number of hydrogen-bond donors (Lipinski definition) is 0. The van der Waals surface area contributed by atoms with Gasteiger partial charge in [0.25, 0.3) is 0 Å². The van der Waals surface area contributed by atoms with Crippen molar-refractivity contribution in [1.29, 1.82) is 0 Å². The topological polar surface area (TPSA) is 0 Å². The van der Waals surface area contributed by atoms with Crippen molar-refractivity contribution in [2.45, 2.75) is 0 Å². The largest absolute Gasteiger partial charge is 0.135 e. The number of fused-ring (bicyclic) bond motifs is 15. The third-order valence-corrected chi connectivity index (χ3v) is 12.8. The van der Waals surface area contributed by atoms with Gasteiger partial charge in [0.15, 0.2) is 0 Å². The maximum Gasteiger partial charge on any atom is 0.0433 e. The van der Waals surface area contributed by atoms with Crippen molar-refractivity contribution in [3.05, 3.63) is 182 Å². The summed E-state index contributed by atoms with van der Waals surface area (Å²) >= 11 is 1.91. The predicted molar refractivity (Wildman–Crippen MR) is 233 cm³/mol. The molecule has 11 aromatic carbocycles. The van der Waals surface area contributed by atoms with Crippen LogP contribution in [0.2, 0.25) is 0 Å². The first-order valence-corrected chi connectivity index (χ1v) is 19.2. The van der Waals surface area contributed by atoms with E-state index in [1.165, 1.54) is 118 Å². The Hall–Kier alpha value is -6.54. The second kappa shape index (κ2) is 11.0. The standard InChI is InChI=1S/C52H30S/c1-2-14-33-31(13-1)25-27-44-45-29-32(26-28-48(45)53-52(33)44)49-40-21-9-11-23-42(40)51(43-24-12-10-22-41(43)49)47-30-46-36-17-4-3-15-34(36)35-16-5-7-19-38(35)50(46)39-20-8-6-18-37(39)47/h1-30H. The van der Waals surface area contributed by atoms with E-state index < -0.39 is 0 Å². The van der Waals surface area contributed by atoms with Gasteiger partial charge < -0.3 is 0 Å². The Morgan fingerprint density at radius 2 is 0.774 bits per heavy atom. The SMILES string of the molecule is c1ccc2c(c1)ccc1c3cc(-c4c5ccccc5c(-c5cc6c7ccccc7c7ccccc7c6c6ccccc56)c5ccccc45)ccc3sc21. The molecule has 0 bridgehead atoms. The summed E-state index contributed by atoms with van der Waals surface area (Å²) in [7, 11) is 0. The van der Waals surface area contributed by atoms with Crippen LogP contribution >= 0.6 is 11.3 Å². The molecule has 0 radical (unpaired) electrons. The fraction of sp³-hybridized carbons (Fsp3) is 0.